The Morgan fingerprint density at radius 3 is 2.45 bits per heavy atom. The Morgan fingerprint density at radius 1 is 1.09 bits per heavy atom. The fraction of sp³-hybridized carbons (Fsp3) is 0.125. The zero-order valence-electron chi connectivity index (χ0n) is 11.9. The van der Waals surface area contributed by atoms with Crippen molar-refractivity contribution in [2.75, 3.05) is 11.9 Å². The van der Waals surface area contributed by atoms with Gasteiger partial charge in [-0.2, -0.15) is 0 Å². The lowest BCUT2D eigenvalue weighted by Crippen LogP contribution is -2.37. The van der Waals surface area contributed by atoms with E-state index < -0.39 is 17.8 Å². The van der Waals surface area contributed by atoms with Gasteiger partial charge in [0.25, 0.3) is 5.91 Å². The van der Waals surface area contributed by atoms with Gasteiger partial charge in [-0.25, -0.2) is 9.18 Å². The number of halogens is 1. The smallest absolute Gasteiger partial charge is 0.326 e. The van der Waals surface area contributed by atoms with Crippen LogP contribution in [0.3, 0.4) is 0 Å². The molecule has 2 N–H and O–H groups in total. The molecule has 0 saturated heterocycles. The van der Waals surface area contributed by atoms with Crippen molar-refractivity contribution in [2.24, 2.45) is 0 Å². The van der Waals surface area contributed by atoms with E-state index >= 15 is 0 Å². The van der Waals surface area contributed by atoms with Crippen LogP contribution >= 0.6 is 0 Å². The van der Waals surface area contributed by atoms with Crippen molar-refractivity contribution >= 4 is 17.6 Å². The highest BCUT2D eigenvalue weighted by Crippen LogP contribution is 2.12. The molecule has 0 radical (unpaired) electrons. The van der Waals surface area contributed by atoms with Crippen LogP contribution in [0.4, 0.5) is 14.9 Å². The molecule has 0 aromatic heterocycles. The summed E-state index contributed by atoms with van der Waals surface area (Å²) < 4.78 is 18.6. The Balaban J connectivity index is 1.80. The number of hydrogen-bond donors (Lipinski definition) is 2. The molecule has 22 heavy (non-hydrogen) atoms. The summed E-state index contributed by atoms with van der Waals surface area (Å²) in [6.07, 6.45) is 0. The maximum atomic E-state index is 13.3. The highest BCUT2D eigenvalue weighted by molar-refractivity contribution is 6.01. The van der Waals surface area contributed by atoms with Gasteiger partial charge < -0.3 is 10.1 Å². The minimum absolute atomic E-state index is 0.00717. The van der Waals surface area contributed by atoms with Gasteiger partial charge in [-0.3, -0.25) is 10.1 Å². The van der Waals surface area contributed by atoms with E-state index in [1.807, 2.05) is 19.1 Å². The number of hydrogen-bond acceptors (Lipinski definition) is 3. The minimum atomic E-state index is -0.817. The average molecular weight is 302 g/mol. The molecule has 0 aliphatic rings. The van der Waals surface area contributed by atoms with Crippen molar-refractivity contribution < 1.29 is 18.7 Å². The van der Waals surface area contributed by atoms with Crippen LogP contribution in [0.2, 0.25) is 0 Å². The first kappa shape index (κ1) is 15.5. The number of benzene rings is 2. The molecule has 0 atom stereocenters. The maximum Gasteiger partial charge on any atom is 0.326 e. The lowest BCUT2D eigenvalue weighted by atomic mass is 10.2. The summed E-state index contributed by atoms with van der Waals surface area (Å²) in [7, 11) is 0. The molecule has 0 bridgehead atoms. The number of nitrogens with one attached hydrogen (secondary N) is 2. The molecule has 0 aliphatic heterocycles. The van der Waals surface area contributed by atoms with Crippen molar-refractivity contribution in [3.05, 3.63) is 59.9 Å². The highest BCUT2D eigenvalue weighted by Gasteiger charge is 2.10. The van der Waals surface area contributed by atoms with Crippen LogP contribution < -0.4 is 15.4 Å². The lowest BCUT2D eigenvalue weighted by molar-refractivity contribution is -0.121. The normalized spacial score (nSPS) is 9.91. The van der Waals surface area contributed by atoms with Gasteiger partial charge in [0.15, 0.2) is 6.61 Å². The molecule has 0 heterocycles. The number of ether oxygens (including phenoxy) is 1. The maximum absolute atomic E-state index is 13.3. The van der Waals surface area contributed by atoms with Crippen LogP contribution in [0.1, 0.15) is 5.56 Å². The minimum Gasteiger partial charge on any atom is -0.484 e. The summed E-state index contributed by atoms with van der Waals surface area (Å²) >= 11 is 0. The molecule has 0 unspecified atom stereocenters. The predicted octanol–water partition coefficient (Wildman–Crippen LogP) is 2.86. The molecular weight excluding hydrogens is 287 g/mol. The Bertz CT molecular complexity index is 671. The Kier molecular flexibility index (Phi) is 5.08. The van der Waals surface area contributed by atoms with Crippen LogP contribution in [0.25, 0.3) is 0 Å². The second kappa shape index (κ2) is 7.21. The van der Waals surface area contributed by atoms with Gasteiger partial charge in [0, 0.05) is 0 Å². The van der Waals surface area contributed by atoms with E-state index in [4.69, 9.17) is 4.74 Å². The number of imide groups is 1. The quantitative estimate of drug-likeness (QED) is 0.912. The molecule has 0 spiro atoms. The van der Waals surface area contributed by atoms with Crippen molar-refractivity contribution in [3.8, 4) is 5.75 Å². The zero-order chi connectivity index (χ0) is 15.9. The molecule has 3 amide bonds. The van der Waals surface area contributed by atoms with Gasteiger partial charge in [-0.1, -0.05) is 29.8 Å². The second-order valence-electron chi connectivity index (χ2n) is 4.58. The van der Waals surface area contributed by atoms with Gasteiger partial charge in [0.05, 0.1) is 5.69 Å². The van der Waals surface area contributed by atoms with E-state index in [0.29, 0.717) is 5.75 Å². The summed E-state index contributed by atoms with van der Waals surface area (Å²) in [4.78, 5) is 23.1. The first-order valence-corrected chi connectivity index (χ1v) is 6.59. The molecule has 0 saturated carbocycles. The van der Waals surface area contributed by atoms with Gasteiger partial charge in [-0.15, -0.1) is 0 Å². The molecule has 6 heteroatoms. The van der Waals surface area contributed by atoms with E-state index in [-0.39, 0.29) is 12.3 Å². The summed E-state index contributed by atoms with van der Waals surface area (Å²) in [6.45, 7) is 1.62. The predicted molar refractivity (Wildman–Crippen MR) is 80.2 cm³/mol. The third-order valence-electron chi connectivity index (χ3n) is 2.77. The third kappa shape index (κ3) is 4.59. The van der Waals surface area contributed by atoms with Crippen LogP contribution in [-0.2, 0) is 4.79 Å². The van der Waals surface area contributed by atoms with E-state index in [0.717, 1.165) is 5.56 Å². The Morgan fingerprint density at radius 2 is 1.77 bits per heavy atom. The average Bonchev–Trinajstić information content (AvgIpc) is 2.49. The number of anilines is 1. The summed E-state index contributed by atoms with van der Waals surface area (Å²) in [5.74, 6) is -0.689. The molecule has 2 aromatic rings. The Labute approximate surface area is 127 Å². The van der Waals surface area contributed by atoms with Crippen LogP contribution in [0.15, 0.2) is 48.5 Å². The van der Waals surface area contributed by atoms with Crippen molar-refractivity contribution in [2.45, 2.75) is 6.92 Å². The van der Waals surface area contributed by atoms with E-state index in [1.165, 1.54) is 18.2 Å². The van der Waals surface area contributed by atoms with Crippen LogP contribution in [-0.4, -0.2) is 18.5 Å². The highest BCUT2D eigenvalue weighted by atomic mass is 19.1. The number of aryl methyl sites for hydroxylation is 1. The number of rotatable bonds is 4. The van der Waals surface area contributed by atoms with Crippen LogP contribution in [0, 0.1) is 12.7 Å². The van der Waals surface area contributed by atoms with Gasteiger partial charge in [0.1, 0.15) is 11.6 Å². The summed E-state index contributed by atoms with van der Waals surface area (Å²) in [6, 6.07) is 12.0. The summed E-state index contributed by atoms with van der Waals surface area (Å²) in [5, 5.41) is 4.30. The van der Waals surface area contributed by atoms with Gasteiger partial charge >= 0.3 is 6.03 Å². The number of para-hydroxylation sites is 1. The zero-order valence-corrected chi connectivity index (χ0v) is 11.9. The fourth-order valence-electron chi connectivity index (χ4n) is 1.66. The molecule has 2 rings (SSSR count). The van der Waals surface area contributed by atoms with Crippen molar-refractivity contribution in [1.29, 1.82) is 0 Å². The van der Waals surface area contributed by atoms with Crippen LogP contribution in [0.5, 0.6) is 5.75 Å². The first-order chi connectivity index (χ1) is 10.5. The Hall–Kier alpha value is -2.89. The largest absolute Gasteiger partial charge is 0.484 e. The van der Waals surface area contributed by atoms with Crippen molar-refractivity contribution in [1.82, 2.24) is 5.32 Å². The molecular formula is C16H15FN2O3. The van der Waals surface area contributed by atoms with E-state index in [9.17, 15) is 14.0 Å². The topological polar surface area (TPSA) is 67.4 Å². The lowest BCUT2D eigenvalue weighted by Gasteiger charge is -2.08. The number of amides is 3. The SMILES string of the molecule is Cc1ccc(OCC(=O)NC(=O)Nc2ccccc2F)cc1. The summed E-state index contributed by atoms with van der Waals surface area (Å²) in [5.41, 5.74) is 1.06. The van der Waals surface area contributed by atoms with Crippen molar-refractivity contribution in [3.63, 3.8) is 0 Å². The van der Waals surface area contributed by atoms with E-state index in [1.54, 1.807) is 18.2 Å². The second-order valence-corrected chi connectivity index (χ2v) is 4.58. The first-order valence-electron chi connectivity index (χ1n) is 6.59. The molecule has 5 nitrogen and oxygen atoms in total. The number of carbonyl (C=O) groups is 2. The molecule has 0 fully saturated rings. The van der Waals surface area contributed by atoms with Gasteiger partial charge in [-0.05, 0) is 31.2 Å². The standard InChI is InChI=1S/C16H15FN2O3/c1-11-6-8-12(9-7-11)22-10-15(20)19-16(21)18-14-5-3-2-4-13(14)17/h2-9H,10H2,1H3,(H2,18,19,20,21). The fourth-order valence-corrected chi connectivity index (χ4v) is 1.66. The monoisotopic (exact) mass is 302 g/mol. The number of carbonyl (C=O) groups excluding carboxylic acids is 2. The molecule has 2 aromatic carbocycles. The van der Waals surface area contributed by atoms with E-state index in [2.05, 4.69) is 10.6 Å². The molecule has 0 aliphatic carbocycles. The number of urea groups is 1. The molecule has 114 valence electrons. The third-order valence-corrected chi connectivity index (χ3v) is 2.77. The van der Waals surface area contributed by atoms with Gasteiger partial charge in [0.2, 0.25) is 0 Å².